The Hall–Kier alpha value is -2.39. The van der Waals surface area contributed by atoms with Gasteiger partial charge in [0.2, 0.25) is 5.91 Å². The number of piperazine rings is 1. The fraction of sp³-hybridized carbons (Fsp3) is 0.519. The predicted molar refractivity (Wildman–Crippen MR) is 143 cm³/mol. The Labute approximate surface area is 217 Å². The third-order valence-corrected chi connectivity index (χ3v) is 7.46. The fourth-order valence-corrected chi connectivity index (χ4v) is 5.20. The maximum atomic E-state index is 12.7. The van der Waals surface area contributed by atoms with E-state index in [1.165, 1.54) is 23.4 Å². The van der Waals surface area contributed by atoms with Crippen molar-refractivity contribution in [1.82, 2.24) is 9.80 Å². The second-order valence-electron chi connectivity index (χ2n) is 9.29. The lowest BCUT2D eigenvalue weighted by molar-refractivity contribution is -0.132. The van der Waals surface area contributed by atoms with Gasteiger partial charge in [-0.2, -0.15) is 13.2 Å². The molecule has 9 heteroatoms. The van der Waals surface area contributed by atoms with Gasteiger partial charge in [-0.1, -0.05) is 25.1 Å². The Morgan fingerprint density at radius 1 is 0.944 bits per heavy atom. The zero-order chi connectivity index (χ0) is 24.8. The molecule has 2 aromatic carbocycles. The van der Waals surface area contributed by atoms with Gasteiger partial charge in [0, 0.05) is 74.5 Å². The van der Waals surface area contributed by atoms with Crippen molar-refractivity contribution in [2.75, 3.05) is 56.0 Å². The molecule has 0 bridgehead atoms. The van der Waals surface area contributed by atoms with Crippen LogP contribution in [0.2, 0.25) is 0 Å². The number of halogens is 3. The Balaban J connectivity index is 0.00000361. The van der Waals surface area contributed by atoms with Gasteiger partial charge in [-0.15, -0.1) is 0 Å². The van der Waals surface area contributed by atoms with Crippen LogP contribution in [0.15, 0.2) is 53.4 Å². The van der Waals surface area contributed by atoms with E-state index in [2.05, 4.69) is 46.3 Å². The monoisotopic (exact) mass is 522 g/mol. The number of amides is 1. The summed E-state index contributed by atoms with van der Waals surface area (Å²) < 4.78 is 37.4. The van der Waals surface area contributed by atoms with Gasteiger partial charge in [0.15, 0.2) is 0 Å². The highest BCUT2D eigenvalue weighted by atomic mass is 32.2. The molecule has 1 N–H and O–H groups in total. The molecule has 0 unspecified atom stereocenters. The van der Waals surface area contributed by atoms with Crippen molar-refractivity contribution in [3.05, 3.63) is 54.1 Å². The zero-order valence-corrected chi connectivity index (χ0v) is 20.9. The summed E-state index contributed by atoms with van der Waals surface area (Å²) in [5.41, 5.74) is -0.933. The molecule has 2 fully saturated rings. The molecule has 0 aliphatic carbocycles. The Morgan fingerprint density at radius 2 is 1.56 bits per heavy atom. The standard InChI is InChI=1S/C26H33F3N4OS.CH4/c1-20-2-6-23(7-3-20)32-18-16-31(17-19-32)13-12-25(34)33-14-10-22(11-15-33)30-21-4-8-24(9-5-21)35-26(27,28)29;/h2-9,22,30H,10-19H2,1H3;1H4. The van der Waals surface area contributed by atoms with Crippen LogP contribution in [-0.4, -0.2) is 73.1 Å². The maximum absolute atomic E-state index is 12.7. The normalized spacial score (nSPS) is 17.6. The molecule has 0 saturated carbocycles. The van der Waals surface area contributed by atoms with E-state index in [9.17, 15) is 18.0 Å². The predicted octanol–water partition coefficient (Wildman–Crippen LogP) is 5.86. The highest BCUT2D eigenvalue weighted by molar-refractivity contribution is 8.00. The van der Waals surface area contributed by atoms with Crippen molar-refractivity contribution >= 4 is 29.0 Å². The largest absolute Gasteiger partial charge is 0.446 e. The molecule has 5 nitrogen and oxygen atoms in total. The number of piperidine rings is 1. The lowest BCUT2D eigenvalue weighted by Crippen LogP contribution is -2.48. The molecule has 4 rings (SSSR count). The molecule has 0 radical (unpaired) electrons. The molecule has 2 aromatic rings. The van der Waals surface area contributed by atoms with E-state index in [-0.39, 0.29) is 36.0 Å². The van der Waals surface area contributed by atoms with Crippen molar-refractivity contribution in [2.24, 2.45) is 0 Å². The second kappa shape index (κ2) is 12.7. The number of nitrogens with zero attached hydrogens (tertiary/aromatic N) is 3. The number of likely N-dealkylation sites (tertiary alicyclic amines) is 1. The Kier molecular flexibility index (Phi) is 9.96. The topological polar surface area (TPSA) is 38.8 Å². The Morgan fingerprint density at radius 3 is 2.14 bits per heavy atom. The number of rotatable bonds is 7. The van der Waals surface area contributed by atoms with Crippen molar-refractivity contribution in [3.8, 4) is 0 Å². The summed E-state index contributed by atoms with van der Waals surface area (Å²) in [5.74, 6) is 0.206. The molecule has 0 aromatic heterocycles. The molecule has 2 aliphatic heterocycles. The minimum absolute atomic E-state index is 0. The van der Waals surface area contributed by atoms with E-state index in [1.54, 1.807) is 12.1 Å². The highest BCUT2D eigenvalue weighted by Gasteiger charge is 2.29. The first-order valence-corrected chi connectivity index (χ1v) is 13.0. The fourth-order valence-electron chi connectivity index (χ4n) is 4.66. The zero-order valence-electron chi connectivity index (χ0n) is 20.1. The first kappa shape index (κ1) is 28.2. The molecule has 2 aliphatic rings. The molecule has 36 heavy (non-hydrogen) atoms. The van der Waals surface area contributed by atoms with E-state index < -0.39 is 5.51 Å². The molecule has 198 valence electrons. The van der Waals surface area contributed by atoms with E-state index in [4.69, 9.17) is 0 Å². The van der Waals surface area contributed by atoms with Gasteiger partial charge in [0.05, 0.1) is 0 Å². The van der Waals surface area contributed by atoms with Crippen LogP contribution in [-0.2, 0) is 4.79 Å². The van der Waals surface area contributed by atoms with Gasteiger partial charge < -0.3 is 15.1 Å². The number of hydrogen-bond donors (Lipinski definition) is 1. The van der Waals surface area contributed by atoms with Crippen molar-refractivity contribution in [1.29, 1.82) is 0 Å². The summed E-state index contributed by atoms with van der Waals surface area (Å²) in [6.45, 7) is 8.19. The number of hydrogen-bond acceptors (Lipinski definition) is 5. The first-order chi connectivity index (χ1) is 16.7. The van der Waals surface area contributed by atoms with Crippen LogP contribution in [0.4, 0.5) is 24.5 Å². The summed E-state index contributed by atoms with van der Waals surface area (Å²) in [4.78, 5) is 19.7. The average molecular weight is 523 g/mol. The van der Waals surface area contributed by atoms with Crippen LogP contribution >= 0.6 is 11.8 Å². The number of aryl methyl sites for hydroxylation is 1. The number of carbonyl (C=O) groups is 1. The van der Waals surface area contributed by atoms with Gasteiger partial charge in [-0.3, -0.25) is 9.69 Å². The van der Waals surface area contributed by atoms with Crippen molar-refractivity contribution < 1.29 is 18.0 Å². The van der Waals surface area contributed by atoms with E-state index in [1.807, 2.05) is 4.90 Å². The van der Waals surface area contributed by atoms with Crippen molar-refractivity contribution in [2.45, 2.75) is 50.1 Å². The molecule has 0 spiro atoms. The minimum atomic E-state index is -4.27. The number of nitrogens with one attached hydrogen (secondary N) is 1. The number of benzene rings is 2. The molecule has 2 saturated heterocycles. The number of thioether (sulfide) groups is 1. The third kappa shape index (κ3) is 8.34. The van der Waals surface area contributed by atoms with E-state index >= 15 is 0 Å². The van der Waals surface area contributed by atoms with Crippen LogP contribution in [0.1, 0.15) is 32.3 Å². The summed E-state index contributed by atoms with van der Waals surface area (Å²) in [5, 5.41) is 3.39. The van der Waals surface area contributed by atoms with Crippen LogP contribution in [0.3, 0.4) is 0 Å². The molecular weight excluding hydrogens is 485 g/mol. The molecule has 0 atom stereocenters. The maximum Gasteiger partial charge on any atom is 0.446 e. The van der Waals surface area contributed by atoms with Gasteiger partial charge in [-0.25, -0.2) is 0 Å². The number of anilines is 2. The average Bonchev–Trinajstić information content (AvgIpc) is 2.84. The summed E-state index contributed by atoms with van der Waals surface area (Å²) in [6.07, 6.45) is 2.21. The van der Waals surface area contributed by atoms with Crippen LogP contribution in [0, 0.1) is 6.92 Å². The summed E-state index contributed by atoms with van der Waals surface area (Å²) in [6, 6.07) is 15.2. The molecular formula is C27H37F3N4OS. The summed E-state index contributed by atoms with van der Waals surface area (Å²) in [7, 11) is 0. The van der Waals surface area contributed by atoms with Gasteiger partial charge in [0.1, 0.15) is 0 Å². The van der Waals surface area contributed by atoms with Gasteiger partial charge in [0.25, 0.3) is 0 Å². The van der Waals surface area contributed by atoms with Gasteiger partial charge >= 0.3 is 5.51 Å². The van der Waals surface area contributed by atoms with Crippen LogP contribution in [0.25, 0.3) is 0 Å². The molecule has 1 amide bonds. The highest BCUT2D eigenvalue weighted by Crippen LogP contribution is 2.37. The lowest BCUT2D eigenvalue weighted by atomic mass is 10.0. The lowest BCUT2D eigenvalue weighted by Gasteiger charge is -2.37. The smallest absolute Gasteiger partial charge is 0.382 e. The molecule has 2 heterocycles. The number of carbonyl (C=O) groups excluding carboxylic acids is 1. The number of alkyl halides is 3. The SMILES string of the molecule is C.Cc1ccc(N2CCN(CCC(=O)N3CCC(Nc4ccc(SC(F)(F)F)cc4)CC3)CC2)cc1. The van der Waals surface area contributed by atoms with E-state index in [0.29, 0.717) is 19.5 Å². The summed E-state index contributed by atoms with van der Waals surface area (Å²) >= 11 is -0.105. The quantitative estimate of drug-likeness (QED) is 0.462. The van der Waals surface area contributed by atoms with Crippen LogP contribution < -0.4 is 10.2 Å². The second-order valence-corrected chi connectivity index (χ2v) is 10.4. The van der Waals surface area contributed by atoms with E-state index in [0.717, 1.165) is 51.3 Å². The Bertz CT molecular complexity index is 952. The van der Waals surface area contributed by atoms with Gasteiger partial charge in [-0.05, 0) is 67.9 Å². The van der Waals surface area contributed by atoms with Crippen molar-refractivity contribution in [3.63, 3.8) is 0 Å². The first-order valence-electron chi connectivity index (χ1n) is 12.2. The van der Waals surface area contributed by atoms with Crippen LogP contribution in [0.5, 0.6) is 0 Å². The third-order valence-electron chi connectivity index (χ3n) is 6.72. The minimum Gasteiger partial charge on any atom is -0.382 e.